The van der Waals surface area contributed by atoms with Gasteiger partial charge < -0.3 is 16.0 Å². The average Bonchev–Trinajstić information content (AvgIpc) is 2.99. The van der Waals surface area contributed by atoms with E-state index in [1.54, 1.807) is 12.1 Å². The Morgan fingerprint density at radius 2 is 2.08 bits per heavy atom. The zero-order valence-electron chi connectivity index (χ0n) is 14.4. The fraction of sp³-hybridized carbons (Fsp3) is 0.529. The Morgan fingerprint density at radius 3 is 2.85 bits per heavy atom. The Labute approximate surface area is 157 Å². The Hall–Kier alpha value is -1.80. The summed E-state index contributed by atoms with van der Waals surface area (Å²) in [4.78, 5) is 23.5. The number of anilines is 1. The largest absolute Gasteiger partial charge is 0.332 e. The lowest BCUT2D eigenvalue weighted by Crippen LogP contribution is -2.39. The first-order valence-electron chi connectivity index (χ1n) is 8.61. The topological polar surface area (TPSA) is 104 Å². The van der Waals surface area contributed by atoms with Crippen molar-refractivity contribution in [2.24, 2.45) is 0 Å². The Morgan fingerprint density at radius 1 is 1.31 bits per heavy atom. The summed E-state index contributed by atoms with van der Waals surface area (Å²) < 4.78 is 24.5. The SMILES string of the molecule is Cc1ccc(Cl)cc1NC(=O)CCCC[C@@H]1[C@H]2NC(=O)N[C@@H]2CS1(=O)=O. The number of rotatable bonds is 6. The summed E-state index contributed by atoms with van der Waals surface area (Å²) in [5.74, 6) is -0.145. The van der Waals surface area contributed by atoms with E-state index in [1.165, 1.54) is 0 Å². The molecule has 26 heavy (non-hydrogen) atoms. The number of urea groups is 1. The van der Waals surface area contributed by atoms with Crippen LogP contribution in [0.5, 0.6) is 0 Å². The summed E-state index contributed by atoms with van der Waals surface area (Å²) in [6.45, 7) is 1.89. The third-order valence-corrected chi connectivity index (χ3v) is 7.45. The van der Waals surface area contributed by atoms with Crippen molar-refractivity contribution in [1.82, 2.24) is 10.6 Å². The third kappa shape index (κ3) is 4.12. The molecule has 0 unspecified atom stereocenters. The van der Waals surface area contributed by atoms with E-state index in [4.69, 9.17) is 11.6 Å². The van der Waals surface area contributed by atoms with Crippen molar-refractivity contribution in [3.8, 4) is 0 Å². The molecule has 9 heteroatoms. The number of aryl methyl sites for hydroxylation is 1. The van der Waals surface area contributed by atoms with Gasteiger partial charge in [-0.1, -0.05) is 24.1 Å². The predicted molar refractivity (Wildman–Crippen MR) is 100 cm³/mol. The number of amides is 3. The number of carbonyl (C=O) groups is 2. The Balaban J connectivity index is 1.47. The van der Waals surface area contributed by atoms with Crippen LogP contribution in [0.4, 0.5) is 10.5 Å². The van der Waals surface area contributed by atoms with Gasteiger partial charge in [0.1, 0.15) is 0 Å². The van der Waals surface area contributed by atoms with E-state index in [9.17, 15) is 18.0 Å². The predicted octanol–water partition coefficient (Wildman–Crippen LogP) is 1.99. The molecule has 3 atom stereocenters. The molecule has 142 valence electrons. The van der Waals surface area contributed by atoms with Crippen LogP contribution >= 0.6 is 11.6 Å². The van der Waals surface area contributed by atoms with Gasteiger partial charge in [0.25, 0.3) is 0 Å². The van der Waals surface area contributed by atoms with Crippen LogP contribution in [0.3, 0.4) is 0 Å². The standard InChI is InChI=1S/C17H22ClN3O4S/c1-10-6-7-11(18)8-12(10)19-15(22)5-3-2-4-14-16-13(9-26(14,24)25)20-17(23)21-16/h6-8,13-14,16H,2-5,9H2,1H3,(H,19,22)(H2,20,21,23)/t13-,14-,16+/m1/s1. The average molecular weight is 400 g/mol. The fourth-order valence-corrected chi connectivity index (χ4v) is 6.02. The van der Waals surface area contributed by atoms with Crippen molar-refractivity contribution in [2.75, 3.05) is 11.1 Å². The van der Waals surface area contributed by atoms with Crippen LogP contribution in [0, 0.1) is 6.92 Å². The van der Waals surface area contributed by atoms with Crippen LogP contribution in [0.2, 0.25) is 5.02 Å². The molecule has 2 aliphatic rings. The maximum Gasteiger partial charge on any atom is 0.315 e. The number of carbonyl (C=O) groups excluding carboxylic acids is 2. The highest BCUT2D eigenvalue weighted by Crippen LogP contribution is 2.28. The molecule has 0 spiro atoms. The van der Waals surface area contributed by atoms with Crippen LogP contribution in [0.25, 0.3) is 0 Å². The van der Waals surface area contributed by atoms with Gasteiger partial charge in [0, 0.05) is 17.1 Å². The highest BCUT2D eigenvalue weighted by molar-refractivity contribution is 7.92. The quantitative estimate of drug-likeness (QED) is 0.502. The van der Waals surface area contributed by atoms with Crippen molar-refractivity contribution in [2.45, 2.75) is 49.9 Å². The van der Waals surface area contributed by atoms with Crippen molar-refractivity contribution in [1.29, 1.82) is 0 Å². The van der Waals surface area contributed by atoms with Gasteiger partial charge in [0.2, 0.25) is 5.91 Å². The highest BCUT2D eigenvalue weighted by atomic mass is 35.5. The minimum absolute atomic E-state index is 0.0183. The second kappa shape index (κ2) is 7.44. The zero-order chi connectivity index (χ0) is 18.9. The first-order chi connectivity index (χ1) is 12.3. The fourth-order valence-electron chi connectivity index (χ4n) is 3.58. The smallest absolute Gasteiger partial charge is 0.315 e. The van der Waals surface area contributed by atoms with E-state index in [1.807, 2.05) is 13.0 Å². The molecule has 7 nitrogen and oxygen atoms in total. The van der Waals surface area contributed by atoms with Crippen molar-refractivity contribution in [3.63, 3.8) is 0 Å². The number of fused-ring (bicyclic) bond motifs is 1. The minimum Gasteiger partial charge on any atom is -0.332 e. The number of benzene rings is 1. The number of sulfone groups is 1. The molecule has 0 saturated carbocycles. The van der Waals surface area contributed by atoms with Gasteiger partial charge >= 0.3 is 6.03 Å². The summed E-state index contributed by atoms with van der Waals surface area (Å²) in [6, 6.07) is 4.29. The molecule has 2 heterocycles. The third-order valence-electron chi connectivity index (χ3n) is 4.94. The molecule has 3 amide bonds. The van der Waals surface area contributed by atoms with Gasteiger partial charge in [0.15, 0.2) is 9.84 Å². The normalized spacial score (nSPS) is 26.1. The van der Waals surface area contributed by atoms with Gasteiger partial charge in [0.05, 0.1) is 23.1 Å². The second-order valence-corrected chi connectivity index (χ2v) is 9.57. The molecule has 1 aromatic rings. The summed E-state index contributed by atoms with van der Waals surface area (Å²) in [5, 5.41) is 8.14. The van der Waals surface area contributed by atoms with E-state index in [-0.39, 0.29) is 29.8 Å². The van der Waals surface area contributed by atoms with Gasteiger partial charge in [-0.3, -0.25) is 4.79 Å². The second-order valence-electron chi connectivity index (χ2n) is 6.87. The Bertz CT molecular complexity index is 827. The van der Waals surface area contributed by atoms with E-state index in [0.29, 0.717) is 36.4 Å². The van der Waals surface area contributed by atoms with Crippen LogP contribution in [0.15, 0.2) is 18.2 Å². The number of halogens is 1. The molecule has 3 N–H and O–H groups in total. The monoisotopic (exact) mass is 399 g/mol. The number of unbranched alkanes of at least 4 members (excludes halogenated alkanes) is 1. The van der Waals surface area contributed by atoms with E-state index >= 15 is 0 Å². The molecular formula is C17H22ClN3O4S. The van der Waals surface area contributed by atoms with Gasteiger partial charge in [-0.05, 0) is 37.5 Å². The molecule has 3 rings (SSSR count). The zero-order valence-corrected chi connectivity index (χ0v) is 16.0. The van der Waals surface area contributed by atoms with Crippen molar-refractivity contribution in [3.05, 3.63) is 28.8 Å². The molecule has 0 aromatic heterocycles. The number of nitrogens with one attached hydrogen (secondary N) is 3. The highest BCUT2D eigenvalue weighted by Gasteiger charge is 2.51. The van der Waals surface area contributed by atoms with Gasteiger partial charge in [-0.25, -0.2) is 13.2 Å². The molecule has 0 aliphatic carbocycles. The van der Waals surface area contributed by atoms with E-state index < -0.39 is 15.1 Å². The maximum atomic E-state index is 12.2. The van der Waals surface area contributed by atoms with E-state index in [2.05, 4.69) is 16.0 Å². The number of hydrogen-bond donors (Lipinski definition) is 3. The van der Waals surface area contributed by atoms with Crippen molar-refractivity contribution < 1.29 is 18.0 Å². The molecular weight excluding hydrogens is 378 g/mol. The van der Waals surface area contributed by atoms with Gasteiger partial charge in [-0.15, -0.1) is 0 Å². The molecule has 1 aromatic carbocycles. The minimum atomic E-state index is -3.22. The Kier molecular flexibility index (Phi) is 5.43. The molecule has 2 aliphatic heterocycles. The molecule has 0 radical (unpaired) electrons. The van der Waals surface area contributed by atoms with Crippen LogP contribution < -0.4 is 16.0 Å². The summed E-state index contributed by atoms with van der Waals surface area (Å²) in [7, 11) is -3.22. The number of hydrogen-bond acceptors (Lipinski definition) is 4. The van der Waals surface area contributed by atoms with Crippen LogP contribution in [-0.2, 0) is 14.6 Å². The molecule has 2 fully saturated rings. The lowest BCUT2D eigenvalue weighted by Gasteiger charge is -2.16. The van der Waals surface area contributed by atoms with Crippen LogP contribution in [-0.4, -0.2) is 43.4 Å². The van der Waals surface area contributed by atoms with Crippen LogP contribution in [0.1, 0.15) is 31.2 Å². The first-order valence-corrected chi connectivity index (χ1v) is 10.7. The van der Waals surface area contributed by atoms with Gasteiger partial charge in [-0.2, -0.15) is 0 Å². The van der Waals surface area contributed by atoms with Crippen molar-refractivity contribution >= 4 is 39.1 Å². The lowest BCUT2D eigenvalue weighted by atomic mass is 10.0. The summed E-state index contributed by atoms with van der Waals surface area (Å²) >= 11 is 5.94. The summed E-state index contributed by atoms with van der Waals surface area (Å²) in [6.07, 6.45) is 1.92. The summed E-state index contributed by atoms with van der Waals surface area (Å²) in [5.41, 5.74) is 1.61. The lowest BCUT2D eigenvalue weighted by molar-refractivity contribution is -0.116. The van der Waals surface area contributed by atoms with E-state index in [0.717, 1.165) is 5.56 Å². The molecule has 2 saturated heterocycles. The molecule has 0 bridgehead atoms. The maximum absolute atomic E-state index is 12.2. The first kappa shape index (κ1) is 19.0.